The first-order chi connectivity index (χ1) is 13.0. The molecule has 0 spiro atoms. The molecule has 0 saturated heterocycles. The number of ether oxygens (including phenoxy) is 2. The molecule has 2 rings (SSSR count). The minimum Gasteiger partial charge on any atom is -0.444 e. The summed E-state index contributed by atoms with van der Waals surface area (Å²) in [6.45, 7) is 9.50. The second-order valence-electron chi connectivity index (χ2n) is 7.71. The van der Waals surface area contributed by atoms with Gasteiger partial charge in [0, 0.05) is 17.1 Å². The van der Waals surface area contributed by atoms with E-state index in [-0.39, 0.29) is 18.5 Å². The van der Waals surface area contributed by atoms with Crippen molar-refractivity contribution in [3.63, 3.8) is 0 Å². The Morgan fingerprint density at radius 1 is 1.25 bits per heavy atom. The van der Waals surface area contributed by atoms with E-state index in [2.05, 4.69) is 26.2 Å². The van der Waals surface area contributed by atoms with Crippen LogP contribution in [0.4, 0.5) is 14.9 Å². The largest absolute Gasteiger partial charge is 0.444 e. The molecule has 28 heavy (non-hydrogen) atoms. The molecule has 0 aliphatic heterocycles. The average molecular weight is 453 g/mol. The van der Waals surface area contributed by atoms with Crippen molar-refractivity contribution in [2.24, 2.45) is 0 Å². The SMILES string of the molecule is CC(C)OCc1ncc(Cc2ccc(F)cc2)c(Br)c1NC(=O)OC(C)(C)C. The fourth-order valence-corrected chi connectivity index (χ4v) is 2.97. The van der Waals surface area contributed by atoms with Crippen molar-refractivity contribution in [1.29, 1.82) is 0 Å². The average Bonchev–Trinajstić information content (AvgIpc) is 2.57. The van der Waals surface area contributed by atoms with Crippen molar-refractivity contribution in [3.05, 3.63) is 57.6 Å². The van der Waals surface area contributed by atoms with Gasteiger partial charge in [0.1, 0.15) is 11.4 Å². The number of hydrogen-bond donors (Lipinski definition) is 1. The van der Waals surface area contributed by atoms with Crippen LogP contribution in [-0.4, -0.2) is 22.8 Å². The summed E-state index contributed by atoms with van der Waals surface area (Å²) in [5.74, 6) is -0.283. The molecule has 5 nitrogen and oxygen atoms in total. The van der Waals surface area contributed by atoms with Gasteiger partial charge < -0.3 is 9.47 Å². The van der Waals surface area contributed by atoms with Crippen molar-refractivity contribution in [1.82, 2.24) is 4.98 Å². The van der Waals surface area contributed by atoms with Gasteiger partial charge in [-0.2, -0.15) is 0 Å². The molecule has 0 saturated carbocycles. The molecule has 152 valence electrons. The van der Waals surface area contributed by atoms with E-state index in [0.29, 0.717) is 22.3 Å². The molecule has 2 aromatic rings. The van der Waals surface area contributed by atoms with Crippen molar-refractivity contribution in [3.8, 4) is 0 Å². The normalized spacial score (nSPS) is 11.6. The quantitative estimate of drug-likeness (QED) is 0.597. The lowest BCUT2D eigenvalue weighted by Gasteiger charge is -2.21. The Bertz CT molecular complexity index is 818. The Balaban J connectivity index is 2.32. The molecule has 1 heterocycles. The number of halogens is 2. The molecule has 1 aromatic heterocycles. The molecule has 0 unspecified atom stereocenters. The van der Waals surface area contributed by atoms with E-state index in [9.17, 15) is 9.18 Å². The molecular formula is C21H26BrFN2O3. The van der Waals surface area contributed by atoms with E-state index in [1.165, 1.54) is 12.1 Å². The van der Waals surface area contributed by atoms with Gasteiger partial charge in [0.15, 0.2) is 0 Å². The van der Waals surface area contributed by atoms with E-state index < -0.39 is 11.7 Å². The fourth-order valence-electron chi connectivity index (χ4n) is 2.40. The van der Waals surface area contributed by atoms with E-state index in [0.717, 1.165) is 11.1 Å². The van der Waals surface area contributed by atoms with Crippen LogP contribution in [0.15, 0.2) is 34.9 Å². The lowest BCUT2D eigenvalue weighted by Crippen LogP contribution is -2.28. The third kappa shape index (κ3) is 6.87. The van der Waals surface area contributed by atoms with Gasteiger partial charge in [0.05, 0.1) is 24.1 Å². The minimum atomic E-state index is -0.621. The lowest BCUT2D eigenvalue weighted by molar-refractivity contribution is 0.0619. The van der Waals surface area contributed by atoms with Crippen molar-refractivity contribution >= 4 is 27.7 Å². The maximum atomic E-state index is 13.2. The highest BCUT2D eigenvalue weighted by Gasteiger charge is 2.21. The molecule has 1 aromatic carbocycles. The van der Waals surface area contributed by atoms with E-state index in [1.807, 2.05) is 13.8 Å². The van der Waals surface area contributed by atoms with E-state index in [1.54, 1.807) is 39.1 Å². The molecule has 1 N–H and O–H groups in total. The van der Waals surface area contributed by atoms with Crippen LogP contribution in [0.1, 0.15) is 51.4 Å². The smallest absolute Gasteiger partial charge is 0.412 e. The standard InChI is InChI=1S/C21H26BrFN2O3/c1-13(2)27-12-17-19(25-20(26)28-21(3,4)5)18(22)15(11-24-17)10-14-6-8-16(23)9-7-14/h6-9,11,13H,10,12H2,1-5H3,(H,25,26). The predicted octanol–water partition coefficient (Wildman–Crippen LogP) is 5.85. The Labute approximate surface area is 173 Å². The maximum Gasteiger partial charge on any atom is 0.412 e. The van der Waals surface area contributed by atoms with Gasteiger partial charge in [-0.15, -0.1) is 0 Å². The highest BCUT2D eigenvalue weighted by molar-refractivity contribution is 9.10. The van der Waals surface area contributed by atoms with Crippen LogP contribution in [0.5, 0.6) is 0 Å². The Kier molecular flexibility index (Phi) is 7.55. The Morgan fingerprint density at radius 3 is 2.46 bits per heavy atom. The topological polar surface area (TPSA) is 60.5 Å². The number of rotatable bonds is 6. The fraction of sp³-hybridized carbons (Fsp3) is 0.429. The van der Waals surface area contributed by atoms with Gasteiger partial charge >= 0.3 is 6.09 Å². The number of anilines is 1. The number of aromatic nitrogens is 1. The summed E-state index contributed by atoms with van der Waals surface area (Å²) in [6.07, 6.45) is 1.71. The van der Waals surface area contributed by atoms with Crippen LogP contribution < -0.4 is 5.32 Å². The second kappa shape index (κ2) is 9.47. The van der Waals surface area contributed by atoms with Gasteiger partial charge in [-0.05, 0) is 73.8 Å². The van der Waals surface area contributed by atoms with Crippen LogP contribution in [-0.2, 0) is 22.5 Å². The molecular weight excluding hydrogens is 427 g/mol. The van der Waals surface area contributed by atoms with Gasteiger partial charge in [-0.3, -0.25) is 10.3 Å². The number of pyridine rings is 1. The summed E-state index contributed by atoms with van der Waals surface area (Å²) in [6, 6.07) is 6.28. The second-order valence-corrected chi connectivity index (χ2v) is 8.50. The molecule has 0 aliphatic carbocycles. The Hall–Kier alpha value is -1.99. The van der Waals surface area contributed by atoms with Gasteiger partial charge in [-0.1, -0.05) is 12.1 Å². The molecule has 7 heteroatoms. The molecule has 0 aliphatic rings. The third-order valence-electron chi connectivity index (χ3n) is 3.65. The molecule has 0 atom stereocenters. The summed E-state index contributed by atoms with van der Waals surface area (Å²) >= 11 is 3.58. The summed E-state index contributed by atoms with van der Waals surface area (Å²) in [7, 11) is 0. The van der Waals surface area contributed by atoms with Crippen LogP contribution in [0, 0.1) is 5.82 Å². The first-order valence-electron chi connectivity index (χ1n) is 9.07. The zero-order valence-corrected chi connectivity index (χ0v) is 18.4. The first-order valence-corrected chi connectivity index (χ1v) is 9.86. The minimum absolute atomic E-state index is 0.0221. The van der Waals surface area contributed by atoms with Crippen molar-refractivity contribution < 1.29 is 18.7 Å². The number of benzene rings is 1. The van der Waals surface area contributed by atoms with Crippen molar-refractivity contribution in [2.75, 3.05) is 5.32 Å². The van der Waals surface area contributed by atoms with E-state index >= 15 is 0 Å². The summed E-state index contributed by atoms with van der Waals surface area (Å²) < 4.78 is 24.9. The van der Waals surface area contributed by atoms with Crippen molar-refractivity contribution in [2.45, 2.75) is 59.4 Å². The summed E-state index contributed by atoms with van der Waals surface area (Å²) in [5, 5.41) is 2.78. The van der Waals surface area contributed by atoms with Gasteiger partial charge in [0.2, 0.25) is 0 Å². The molecule has 0 bridgehead atoms. The number of carbonyl (C=O) groups excluding carboxylic acids is 1. The number of amides is 1. The highest BCUT2D eigenvalue weighted by Crippen LogP contribution is 2.31. The van der Waals surface area contributed by atoms with E-state index in [4.69, 9.17) is 9.47 Å². The van der Waals surface area contributed by atoms with Gasteiger partial charge in [-0.25, -0.2) is 9.18 Å². The zero-order chi connectivity index (χ0) is 20.9. The summed E-state index contributed by atoms with van der Waals surface area (Å²) in [5.41, 5.74) is 2.26. The third-order valence-corrected chi connectivity index (χ3v) is 4.56. The van der Waals surface area contributed by atoms with Crippen LogP contribution in [0.25, 0.3) is 0 Å². The van der Waals surface area contributed by atoms with Gasteiger partial charge in [0.25, 0.3) is 0 Å². The number of nitrogens with zero attached hydrogens (tertiary/aromatic N) is 1. The molecule has 0 fully saturated rings. The molecule has 0 radical (unpaired) electrons. The number of nitrogens with one attached hydrogen (secondary N) is 1. The van der Waals surface area contributed by atoms with Crippen LogP contribution in [0.2, 0.25) is 0 Å². The Morgan fingerprint density at radius 2 is 1.89 bits per heavy atom. The zero-order valence-electron chi connectivity index (χ0n) is 16.8. The molecule has 1 amide bonds. The highest BCUT2D eigenvalue weighted by atomic mass is 79.9. The maximum absolute atomic E-state index is 13.2. The summed E-state index contributed by atoms with van der Waals surface area (Å²) in [4.78, 5) is 16.8. The lowest BCUT2D eigenvalue weighted by atomic mass is 10.1. The first kappa shape index (κ1) is 22.3. The van der Waals surface area contributed by atoms with Crippen LogP contribution in [0.3, 0.4) is 0 Å². The number of hydrogen-bond acceptors (Lipinski definition) is 4. The number of carbonyl (C=O) groups is 1. The predicted molar refractivity (Wildman–Crippen MR) is 111 cm³/mol. The van der Waals surface area contributed by atoms with Crippen LogP contribution >= 0.6 is 15.9 Å². The monoisotopic (exact) mass is 452 g/mol.